The van der Waals surface area contributed by atoms with E-state index in [1.807, 2.05) is 25.1 Å². The number of hydrogen-bond donors (Lipinski definition) is 1. The maximum absolute atomic E-state index is 12.5. The molecule has 5 heteroatoms. The van der Waals surface area contributed by atoms with Crippen molar-refractivity contribution in [1.29, 1.82) is 0 Å². The van der Waals surface area contributed by atoms with Crippen molar-refractivity contribution in [2.45, 2.75) is 26.3 Å². The van der Waals surface area contributed by atoms with E-state index in [2.05, 4.69) is 0 Å². The van der Waals surface area contributed by atoms with Crippen LogP contribution in [-0.2, 0) is 17.8 Å². The van der Waals surface area contributed by atoms with Crippen LogP contribution in [0.5, 0.6) is 0 Å². The Morgan fingerprint density at radius 2 is 1.67 bits per heavy atom. The van der Waals surface area contributed by atoms with Crippen LogP contribution in [0, 0.1) is 0 Å². The summed E-state index contributed by atoms with van der Waals surface area (Å²) >= 11 is 6.16. The number of aromatic carboxylic acids is 1. The summed E-state index contributed by atoms with van der Waals surface area (Å²) in [7, 11) is 0. The molecule has 0 aromatic heterocycles. The SMILES string of the molecule is CCN(Cc1ccccc1Cl)C(=O)CCc1ccccc1C(=O)O. The van der Waals surface area contributed by atoms with E-state index in [9.17, 15) is 14.7 Å². The number of carboxylic acids is 1. The molecule has 0 saturated carbocycles. The largest absolute Gasteiger partial charge is 0.478 e. The smallest absolute Gasteiger partial charge is 0.335 e. The minimum atomic E-state index is -0.971. The Balaban J connectivity index is 2.03. The van der Waals surface area contributed by atoms with Gasteiger partial charge in [-0.25, -0.2) is 4.79 Å². The van der Waals surface area contributed by atoms with Crippen LogP contribution in [0.2, 0.25) is 5.02 Å². The van der Waals surface area contributed by atoms with Gasteiger partial charge >= 0.3 is 5.97 Å². The highest BCUT2D eigenvalue weighted by Crippen LogP contribution is 2.18. The quantitative estimate of drug-likeness (QED) is 0.824. The number of benzene rings is 2. The molecule has 126 valence electrons. The summed E-state index contributed by atoms with van der Waals surface area (Å²) in [4.78, 5) is 25.4. The third-order valence-electron chi connectivity index (χ3n) is 3.91. The molecule has 2 aromatic carbocycles. The molecule has 0 aliphatic rings. The van der Waals surface area contributed by atoms with Crippen molar-refractivity contribution in [3.05, 3.63) is 70.2 Å². The number of carboxylic acid groups (broad SMARTS) is 1. The van der Waals surface area contributed by atoms with Crippen molar-refractivity contribution >= 4 is 23.5 Å². The first-order chi connectivity index (χ1) is 11.5. The van der Waals surface area contributed by atoms with E-state index in [-0.39, 0.29) is 17.9 Å². The van der Waals surface area contributed by atoms with Crippen LogP contribution in [-0.4, -0.2) is 28.4 Å². The Bertz CT molecular complexity index is 730. The number of carbonyl (C=O) groups is 2. The van der Waals surface area contributed by atoms with Crippen molar-refractivity contribution in [3.63, 3.8) is 0 Å². The van der Waals surface area contributed by atoms with E-state index < -0.39 is 5.97 Å². The molecule has 0 aliphatic carbocycles. The molecule has 0 fully saturated rings. The van der Waals surface area contributed by atoms with Crippen LogP contribution in [0.3, 0.4) is 0 Å². The monoisotopic (exact) mass is 345 g/mol. The van der Waals surface area contributed by atoms with Crippen molar-refractivity contribution < 1.29 is 14.7 Å². The van der Waals surface area contributed by atoms with Gasteiger partial charge in [0.15, 0.2) is 0 Å². The van der Waals surface area contributed by atoms with Crippen LogP contribution in [0.4, 0.5) is 0 Å². The first-order valence-electron chi connectivity index (χ1n) is 7.85. The molecule has 0 bridgehead atoms. The van der Waals surface area contributed by atoms with E-state index in [0.717, 1.165) is 5.56 Å². The van der Waals surface area contributed by atoms with Crippen LogP contribution in [0.1, 0.15) is 34.8 Å². The first kappa shape index (κ1) is 18.0. The minimum Gasteiger partial charge on any atom is -0.478 e. The highest BCUT2D eigenvalue weighted by Gasteiger charge is 2.15. The molecule has 1 N–H and O–H groups in total. The van der Waals surface area contributed by atoms with Gasteiger partial charge in [0.1, 0.15) is 0 Å². The molecule has 0 spiro atoms. The fourth-order valence-electron chi connectivity index (χ4n) is 2.56. The van der Waals surface area contributed by atoms with Gasteiger partial charge in [0, 0.05) is 24.5 Å². The lowest BCUT2D eigenvalue weighted by molar-refractivity contribution is -0.131. The Morgan fingerprint density at radius 1 is 1.04 bits per heavy atom. The molecule has 0 aliphatic heterocycles. The molecule has 4 nitrogen and oxygen atoms in total. The lowest BCUT2D eigenvalue weighted by Crippen LogP contribution is -2.30. The molecule has 0 radical (unpaired) electrons. The van der Waals surface area contributed by atoms with Crippen LogP contribution in [0.25, 0.3) is 0 Å². The summed E-state index contributed by atoms with van der Waals surface area (Å²) in [6, 6.07) is 14.2. The zero-order chi connectivity index (χ0) is 17.5. The number of nitrogens with zero attached hydrogens (tertiary/aromatic N) is 1. The summed E-state index contributed by atoms with van der Waals surface area (Å²) in [6.45, 7) is 2.94. The second-order valence-corrected chi connectivity index (χ2v) is 5.87. The molecule has 1 amide bonds. The Labute approximate surface area is 146 Å². The molecule has 0 atom stereocenters. The standard InChI is InChI=1S/C19H20ClNO3/c1-2-21(13-15-8-4-6-10-17(15)20)18(22)12-11-14-7-3-5-9-16(14)19(23)24/h3-10H,2,11-13H2,1H3,(H,23,24). The molecule has 2 rings (SSSR count). The summed E-state index contributed by atoms with van der Waals surface area (Å²) < 4.78 is 0. The summed E-state index contributed by atoms with van der Waals surface area (Å²) in [5, 5.41) is 9.84. The van der Waals surface area contributed by atoms with Gasteiger partial charge in [0.25, 0.3) is 0 Å². The molecule has 0 unspecified atom stereocenters. The van der Waals surface area contributed by atoms with Gasteiger partial charge in [-0.15, -0.1) is 0 Å². The van der Waals surface area contributed by atoms with Crippen molar-refractivity contribution in [2.75, 3.05) is 6.54 Å². The third kappa shape index (κ3) is 4.59. The van der Waals surface area contributed by atoms with E-state index in [4.69, 9.17) is 11.6 Å². The van der Waals surface area contributed by atoms with E-state index in [1.54, 1.807) is 35.2 Å². The van der Waals surface area contributed by atoms with E-state index >= 15 is 0 Å². The van der Waals surface area contributed by atoms with Crippen molar-refractivity contribution in [1.82, 2.24) is 4.90 Å². The molecule has 2 aromatic rings. The molecular weight excluding hydrogens is 326 g/mol. The predicted molar refractivity (Wildman–Crippen MR) is 94.3 cm³/mol. The van der Waals surface area contributed by atoms with Crippen LogP contribution >= 0.6 is 11.6 Å². The number of halogens is 1. The predicted octanol–water partition coefficient (Wildman–Crippen LogP) is 4.02. The maximum Gasteiger partial charge on any atom is 0.335 e. The number of amides is 1. The first-order valence-corrected chi connectivity index (χ1v) is 8.23. The van der Waals surface area contributed by atoms with Crippen molar-refractivity contribution in [3.8, 4) is 0 Å². The van der Waals surface area contributed by atoms with E-state index in [1.165, 1.54) is 0 Å². The van der Waals surface area contributed by atoms with Crippen LogP contribution < -0.4 is 0 Å². The average Bonchev–Trinajstić information content (AvgIpc) is 2.59. The Morgan fingerprint density at radius 3 is 2.29 bits per heavy atom. The Hall–Kier alpha value is -2.33. The Kier molecular flexibility index (Phi) is 6.38. The van der Waals surface area contributed by atoms with Gasteiger partial charge in [0.2, 0.25) is 5.91 Å². The van der Waals surface area contributed by atoms with Gasteiger partial charge < -0.3 is 10.0 Å². The fraction of sp³-hybridized carbons (Fsp3) is 0.263. The van der Waals surface area contributed by atoms with Gasteiger partial charge in [-0.3, -0.25) is 4.79 Å². The third-order valence-corrected chi connectivity index (χ3v) is 4.28. The van der Waals surface area contributed by atoms with Crippen molar-refractivity contribution in [2.24, 2.45) is 0 Å². The van der Waals surface area contributed by atoms with Gasteiger partial charge in [-0.1, -0.05) is 48.0 Å². The number of aryl methyl sites for hydroxylation is 1. The molecular formula is C19H20ClNO3. The number of hydrogen-bond acceptors (Lipinski definition) is 2. The normalized spacial score (nSPS) is 10.4. The number of carbonyl (C=O) groups excluding carboxylic acids is 1. The second kappa shape index (κ2) is 8.50. The molecule has 24 heavy (non-hydrogen) atoms. The zero-order valence-corrected chi connectivity index (χ0v) is 14.3. The lowest BCUT2D eigenvalue weighted by Gasteiger charge is -2.22. The van der Waals surface area contributed by atoms with E-state index in [0.29, 0.717) is 30.1 Å². The average molecular weight is 346 g/mol. The van der Waals surface area contributed by atoms with Crippen LogP contribution in [0.15, 0.2) is 48.5 Å². The second-order valence-electron chi connectivity index (χ2n) is 5.46. The zero-order valence-electron chi connectivity index (χ0n) is 13.5. The highest BCUT2D eigenvalue weighted by molar-refractivity contribution is 6.31. The van der Waals surface area contributed by atoms with Gasteiger partial charge in [0.05, 0.1) is 5.56 Å². The molecule has 0 saturated heterocycles. The maximum atomic E-state index is 12.5. The van der Waals surface area contributed by atoms with Gasteiger partial charge in [-0.05, 0) is 36.6 Å². The fourth-order valence-corrected chi connectivity index (χ4v) is 2.75. The molecule has 0 heterocycles. The number of rotatable bonds is 7. The summed E-state index contributed by atoms with van der Waals surface area (Å²) in [5.41, 5.74) is 1.83. The minimum absolute atomic E-state index is 0.0161. The van der Waals surface area contributed by atoms with Gasteiger partial charge in [-0.2, -0.15) is 0 Å². The topological polar surface area (TPSA) is 57.6 Å². The lowest BCUT2D eigenvalue weighted by atomic mass is 10.0. The highest BCUT2D eigenvalue weighted by atomic mass is 35.5. The summed E-state index contributed by atoms with van der Waals surface area (Å²) in [5.74, 6) is -0.987. The summed E-state index contributed by atoms with van der Waals surface area (Å²) in [6.07, 6.45) is 0.670.